The van der Waals surface area contributed by atoms with Gasteiger partial charge in [0.2, 0.25) is 0 Å². The molecule has 0 atom stereocenters. The van der Waals surface area contributed by atoms with E-state index in [1.54, 1.807) is 23.9 Å². The van der Waals surface area contributed by atoms with Gasteiger partial charge in [-0.2, -0.15) is 0 Å². The summed E-state index contributed by atoms with van der Waals surface area (Å²) < 4.78 is 5.40. The van der Waals surface area contributed by atoms with Crippen molar-refractivity contribution in [3.63, 3.8) is 0 Å². The number of nitrogens with two attached hydrogens (primary N) is 1. The Morgan fingerprint density at radius 2 is 1.88 bits per heavy atom. The molecule has 0 saturated carbocycles. The van der Waals surface area contributed by atoms with Crippen molar-refractivity contribution in [2.45, 2.75) is 11.8 Å². The minimum Gasteiger partial charge on any atom is -0.494 e. The molecule has 0 aliphatic carbocycles. The van der Waals surface area contributed by atoms with Crippen LogP contribution in [0.5, 0.6) is 5.75 Å². The fourth-order valence-corrected chi connectivity index (χ4v) is 4.03. The molecule has 2 aromatic carbocycles. The molecule has 128 valence electrons. The summed E-state index contributed by atoms with van der Waals surface area (Å²) in [4.78, 5) is 5.36. The SMILES string of the molecule is CCOc1ccc(N=C(N)SCCSc2cc(Cl)ccc2Cl)cc1. The highest BCUT2D eigenvalue weighted by Gasteiger charge is 2.03. The molecule has 0 spiro atoms. The van der Waals surface area contributed by atoms with Crippen molar-refractivity contribution in [1.82, 2.24) is 0 Å². The molecule has 3 nitrogen and oxygen atoms in total. The number of aliphatic imine (C=N–C) groups is 1. The number of hydrogen-bond acceptors (Lipinski definition) is 4. The zero-order chi connectivity index (χ0) is 17.4. The summed E-state index contributed by atoms with van der Waals surface area (Å²) >= 11 is 15.3. The Balaban J connectivity index is 1.80. The average molecular weight is 401 g/mol. The lowest BCUT2D eigenvalue weighted by atomic mass is 10.3. The van der Waals surface area contributed by atoms with E-state index in [-0.39, 0.29) is 0 Å². The van der Waals surface area contributed by atoms with Gasteiger partial charge in [0.1, 0.15) is 5.75 Å². The summed E-state index contributed by atoms with van der Waals surface area (Å²) in [6.45, 7) is 2.60. The fraction of sp³-hybridized carbons (Fsp3) is 0.235. The van der Waals surface area contributed by atoms with Crippen LogP contribution in [0, 0.1) is 0 Å². The van der Waals surface area contributed by atoms with Gasteiger partial charge in [-0.1, -0.05) is 35.0 Å². The van der Waals surface area contributed by atoms with Crippen molar-refractivity contribution in [2.24, 2.45) is 10.7 Å². The largest absolute Gasteiger partial charge is 0.494 e. The lowest BCUT2D eigenvalue weighted by Gasteiger charge is -2.05. The van der Waals surface area contributed by atoms with Gasteiger partial charge in [0, 0.05) is 21.4 Å². The lowest BCUT2D eigenvalue weighted by molar-refractivity contribution is 0.340. The van der Waals surface area contributed by atoms with Crippen LogP contribution in [0.3, 0.4) is 0 Å². The van der Waals surface area contributed by atoms with Gasteiger partial charge < -0.3 is 10.5 Å². The van der Waals surface area contributed by atoms with E-state index >= 15 is 0 Å². The van der Waals surface area contributed by atoms with Crippen molar-refractivity contribution in [2.75, 3.05) is 18.1 Å². The molecule has 0 radical (unpaired) electrons. The van der Waals surface area contributed by atoms with E-state index in [2.05, 4.69) is 4.99 Å². The summed E-state index contributed by atoms with van der Waals surface area (Å²) in [6, 6.07) is 13.0. The Morgan fingerprint density at radius 1 is 1.12 bits per heavy atom. The second kappa shape index (κ2) is 10.1. The monoisotopic (exact) mass is 400 g/mol. The summed E-state index contributed by atoms with van der Waals surface area (Å²) in [7, 11) is 0. The number of hydrogen-bond donors (Lipinski definition) is 1. The molecule has 0 aliphatic heterocycles. The van der Waals surface area contributed by atoms with Crippen LogP contribution in [0.1, 0.15) is 6.92 Å². The maximum atomic E-state index is 6.14. The molecule has 0 fully saturated rings. The van der Waals surface area contributed by atoms with E-state index in [4.69, 9.17) is 33.7 Å². The normalized spacial score (nSPS) is 11.5. The Morgan fingerprint density at radius 3 is 2.58 bits per heavy atom. The van der Waals surface area contributed by atoms with E-state index < -0.39 is 0 Å². The minimum absolute atomic E-state index is 0.539. The van der Waals surface area contributed by atoms with Crippen molar-refractivity contribution in [3.05, 3.63) is 52.5 Å². The molecule has 0 bridgehead atoms. The van der Waals surface area contributed by atoms with Crippen LogP contribution >= 0.6 is 46.7 Å². The van der Waals surface area contributed by atoms with Crippen LogP contribution in [-0.2, 0) is 0 Å². The quantitative estimate of drug-likeness (QED) is 0.273. The van der Waals surface area contributed by atoms with E-state index in [1.165, 1.54) is 11.8 Å². The number of thioether (sulfide) groups is 2. The maximum Gasteiger partial charge on any atom is 0.159 e. The third-order valence-electron chi connectivity index (χ3n) is 2.87. The Kier molecular flexibility index (Phi) is 8.12. The smallest absolute Gasteiger partial charge is 0.159 e. The highest BCUT2D eigenvalue weighted by atomic mass is 35.5. The van der Waals surface area contributed by atoms with Gasteiger partial charge in [0.05, 0.1) is 17.3 Å². The molecule has 2 aromatic rings. The molecule has 2 rings (SSSR count). The molecular formula is C17H18Cl2N2OS2. The molecule has 0 aliphatic rings. The molecule has 0 aromatic heterocycles. The molecule has 24 heavy (non-hydrogen) atoms. The summed E-state index contributed by atoms with van der Waals surface area (Å²) in [5.41, 5.74) is 6.78. The molecule has 2 N–H and O–H groups in total. The Bertz CT molecular complexity index is 693. The topological polar surface area (TPSA) is 47.6 Å². The molecule has 7 heteroatoms. The maximum absolute atomic E-state index is 6.14. The van der Waals surface area contributed by atoms with E-state index in [9.17, 15) is 0 Å². The third-order valence-corrected chi connectivity index (χ3v) is 5.66. The highest BCUT2D eigenvalue weighted by Crippen LogP contribution is 2.30. The van der Waals surface area contributed by atoms with Gasteiger partial charge >= 0.3 is 0 Å². The number of nitrogens with zero attached hydrogens (tertiary/aromatic N) is 1. The van der Waals surface area contributed by atoms with Crippen molar-refractivity contribution in [1.29, 1.82) is 0 Å². The molecule has 0 unspecified atom stereocenters. The highest BCUT2D eigenvalue weighted by molar-refractivity contribution is 8.14. The van der Waals surface area contributed by atoms with Gasteiger partial charge in [-0.3, -0.25) is 0 Å². The predicted molar refractivity (Wildman–Crippen MR) is 109 cm³/mol. The second-order valence-electron chi connectivity index (χ2n) is 4.65. The molecule has 0 amide bonds. The van der Waals surface area contributed by atoms with E-state index in [0.717, 1.165) is 27.8 Å². The standard InChI is InChI=1S/C17H18Cl2N2OS2/c1-2-22-14-6-4-13(5-7-14)21-17(20)24-10-9-23-16-11-12(18)3-8-15(16)19/h3-8,11H,2,9-10H2,1H3,(H2,20,21). The average Bonchev–Trinajstić information content (AvgIpc) is 2.57. The van der Waals surface area contributed by atoms with Crippen LogP contribution in [0.4, 0.5) is 5.69 Å². The first-order chi connectivity index (χ1) is 11.6. The molecule has 0 heterocycles. The van der Waals surface area contributed by atoms with Crippen LogP contribution in [0.25, 0.3) is 0 Å². The summed E-state index contributed by atoms with van der Waals surface area (Å²) in [6.07, 6.45) is 0. The number of ether oxygens (including phenoxy) is 1. The molecular weight excluding hydrogens is 383 g/mol. The van der Waals surface area contributed by atoms with Gasteiger partial charge in [0.25, 0.3) is 0 Å². The summed E-state index contributed by atoms with van der Waals surface area (Å²) in [5.74, 6) is 2.53. The summed E-state index contributed by atoms with van der Waals surface area (Å²) in [5, 5.41) is 1.94. The van der Waals surface area contributed by atoms with Gasteiger partial charge in [-0.25, -0.2) is 4.99 Å². The Hall–Kier alpha value is -1.01. The Labute approximate surface area is 161 Å². The predicted octanol–water partition coefficient (Wildman–Crippen LogP) is 5.86. The minimum atomic E-state index is 0.539. The zero-order valence-corrected chi connectivity index (χ0v) is 16.3. The van der Waals surface area contributed by atoms with Crippen LogP contribution in [0.2, 0.25) is 10.0 Å². The number of rotatable bonds is 7. The lowest BCUT2D eigenvalue weighted by Crippen LogP contribution is -2.07. The fourth-order valence-electron chi connectivity index (χ4n) is 1.83. The molecule has 0 saturated heterocycles. The van der Waals surface area contributed by atoms with Crippen LogP contribution in [0.15, 0.2) is 52.4 Å². The van der Waals surface area contributed by atoms with Gasteiger partial charge in [-0.15, -0.1) is 11.8 Å². The zero-order valence-electron chi connectivity index (χ0n) is 13.2. The van der Waals surface area contributed by atoms with Crippen molar-refractivity contribution < 1.29 is 4.74 Å². The van der Waals surface area contributed by atoms with Crippen LogP contribution in [-0.4, -0.2) is 23.3 Å². The third kappa shape index (κ3) is 6.48. The van der Waals surface area contributed by atoms with E-state index in [1.807, 2.05) is 37.3 Å². The second-order valence-corrected chi connectivity index (χ2v) is 7.74. The first kappa shape index (κ1) is 19.3. The number of halogens is 2. The first-order valence-electron chi connectivity index (χ1n) is 7.36. The van der Waals surface area contributed by atoms with Gasteiger partial charge in [0.15, 0.2) is 5.17 Å². The van der Waals surface area contributed by atoms with Gasteiger partial charge in [-0.05, 0) is 49.4 Å². The number of amidine groups is 1. The van der Waals surface area contributed by atoms with E-state index in [0.29, 0.717) is 21.8 Å². The number of benzene rings is 2. The van der Waals surface area contributed by atoms with Crippen molar-refractivity contribution >= 4 is 57.6 Å². The van der Waals surface area contributed by atoms with Crippen molar-refractivity contribution in [3.8, 4) is 5.75 Å². The van der Waals surface area contributed by atoms with Crippen LogP contribution < -0.4 is 10.5 Å². The first-order valence-corrected chi connectivity index (χ1v) is 10.1.